The van der Waals surface area contributed by atoms with Crippen LogP contribution >= 0.6 is 23.2 Å². The van der Waals surface area contributed by atoms with Crippen LogP contribution in [0.3, 0.4) is 0 Å². The molecule has 2 N–H and O–H groups in total. The second-order valence-corrected chi connectivity index (χ2v) is 5.51. The highest BCUT2D eigenvalue weighted by Gasteiger charge is 2.19. The van der Waals surface area contributed by atoms with Crippen LogP contribution in [0.2, 0.25) is 10.0 Å². The van der Waals surface area contributed by atoms with E-state index in [-0.39, 0.29) is 0 Å². The van der Waals surface area contributed by atoms with Crippen molar-refractivity contribution in [3.63, 3.8) is 0 Å². The Balaban J connectivity index is 2.00. The molecule has 0 saturated carbocycles. The number of anilines is 1. The molecule has 0 aliphatic carbocycles. The number of hydrogen-bond donors (Lipinski definition) is 1. The Morgan fingerprint density at radius 3 is 2.24 bits per heavy atom. The topological polar surface area (TPSA) is 29.3 Å². The Bertz CT molecular complexity index is 353. The van der Waals surface area contributed by atoms with E-state index < -0.39 is 0 Å². The van der Waals surface area contributed by atoms with Gasteiger partial charge in [0, 0.05) is 28.8 Å². The Kier molecular flexibility index (Phi) is 4.55. The lowest BCUT2D eigenvalue weighted by Gasteiger charge is -2.33. The van der Waals surface area contributed by atoms with Gasteiger partial charge in [0.05, 0.1) is 0 Å². The van der Waals surface area contributed by atoms with Crippen molar-refractivity contribution in [2.24, 2.45) is 11.7 Å². The Morgan fingerprint density at radius 2 is 1.71 bits per heavy atom. The van der Waals surface area contributed by atoms with Crippen LogP contribution in [0, 0.1) is 5.92 Å². The van der Waals surface area contributed by atoms with Crippen molar-refractivity contribution in [2.45, 2.75) is 19.3 Å². The summed E-state index contributed by atoms with van der Waals surface area (Å²) in [6.07, 6.45) is 3.56. The maximum absolute atomic E-state index is 6.02. The first-order chi connectivity index (χ1) is 8.19. The fraction of sp³-hybridized carbons (Fsp3) is 0.538. The third-order valence-corrected chi connectivity index (χ3v) is 3.84. The van der Waals surface area contributed by atoms with E-state index in [0.29, 0.717) is 10.0 Å². The predicted octanol–water partition coefficient (Wildman–Crippen LogP) is 3.56. The highest BCUT2D eigenvalue weighted by atomic mass is 35.5. The van der Waals surface area contributed by atoms with E-state index in [0.717, 1.165) is 37.7 Å². The summed E-state index contributed by atoms with van der Waals surface area (Å²) in [6, 6.07) is 5.74. The van der Waals surface area contributed by atoms with Crippen molar-refractivity contribution in [1.29, 1.82) is 0 Å². The highest BCUT2D eigenvalue weighted by molar-refractivity contribution is 6.35. The zero-order chi connectivity index (χ0) is 12.3. The summed E-state index contributed by atoms with van der Waals surface area (Å²) >= 11 is 12.0. The summed E-state index contributed by atoms with van der Waals surface area (Å²) in [6.45, 7) is 2.94. The molecule has 17 heavy (non-hydrogen) atoms. The van der Waals surface area contributed by atoms with Crippen LogP contribution in [0.25, 0.3) is 0 Å². The van der Waals surface area contributed by atoms with E-state index in [1.807, 2.05) is 12.1 Å². The Morgan fingerprint density at radius 1 is 1.12 bits per heavy atom. The van der Waals surface area contributed by atoms with E-state index in [1.165, 1.54) is 12.8 Å². The van der Waals surface area contributed by atoms with Crippen molar-refractivity contribution < 1.29 is 0 Å². The molecule has 1 fully saturated rings. The first kappa shape index (κ1) is 13.0. The van der Waals surface area contributed by atoms with Gasteiger partial charge in [0.1, 0.15) is 0 Å². The molecule has 0 radical (unpaired) electrons. The Hall–Kier alpha value is -0.440. The normalized spacial score (nSPS) is 17.5. The number of piperidine rings is 1. The van der Waals surface area contributed by atoms with Crippen molar-refractivity contribution in [3.8, 4) is 0 Å². The van der Waals surface area contributed by atoms with E-state index in [1.54, 1.807) is 6.07 Å². The molecule has 1 aliphatic rings. The fourth-order valence-electron chi connectivity index (χ4n) is 2.44. The van der Waals surface area contributed by atoms with E-state index in [4.69, 9.17) is 28.9 Å². The standard InChI is InChI=1S/C13H18Cl2N2/c14-11-7-12(15)9-13(8-11)17-5-2-10(1-4-16)3-6-17/h7-10H,1-6,16H2. The molecule has 2 rings (SSSR count). The van der Waals surface area contributed by atoms with Crippen LogP contribution in [0.1, 0.15) is 19.3 Å². The van der Waals surface area contributed by atoms with Crippen molar-refractivity contribution >= 4 is 28.9 Å². The smallest absolute Gasteiger partial charge is 0.0441 e. The number of hydrogen-bond acceptors (Lipinski definition) is 2. The zero-order valence-corrected chi connectivity index (χ0v) is 11.3. The second-order valence-electron chi connectivity index (χ2n) is 4.64. The zero-order valence-electron chi connectivity index (χ0n) is 9.83. The molecular formula is C13H18Cl2N2. The van der Waals surface area contributed by atoms with Crippen LogP contribution in [-0.2, 0) is 0 Å². The quantitative estimate of drug-likeness (QED) is 0.912. The molecule has 0 spiro atoms. The minimum Gasteiger partial charge on any atom is -0.371 e. The lowest BCUT2D eigenvalue weighted by molar-refractivity contribution is 0.386. The van der Waals surface area contributed by atoms with Crippen LogP contribution in [0.15, 0.2) is 18.2 Å². The van der Waals surface area contributed by atoms with Gasteiger partial charge in [-0.2, -0.15) is 0 Å². The van der Waals surface area contributed by atoms with Gasteiger partial charge in [-0.25, -0.2) is 0 Å². The van der Waals surface area contributed by atoms with Gasteiger partial charge in [0.15, 0.2) is 0 Å². The lowest BCUT2D eigenvalue weighted by atomic mass is 9.93. The lowest BCUT2D eigenvalue weighted by Crippen LogP contribution is -2.34. The maximum atomic E-state index is 6.02. The predicted molar refractivity (Wildman–Crippen MR) is 75.1 cm³/mol. The summed E-state index contributed by atoms with van der Waals surface area (Å²) in [7, 11) is 0. The van der Waals surface area contributed by atoms with Crippen LogP contribution in [0.4, 0.5) is 5.69 Å². The molecule has 1 aliphatic heterocycles. The van der Waals surface area contributed by atoms with E-state index in [2.05, 4.69) is 4.90 Å². The largest absolute Gasteiger partial charge is 0.371 e. The highest BCUT2D eigenvalue weighted by Crippen LogP contribution is 2.29. The van der Waals surface area contributed by atoms with Gasteiger partial charge in [-0.05, 0) is 49.9 Å². The van der Waals surface area contributed by atoms with Crippen LogP contribution in [0.5, 0.6) is 0 Å². The molecule has 0 atom stereocenters. The molecule has 1 saturated heterocycles. The summed E-state index contributed by atoms with van der Waals surface area (Å²) in [5.41, 5.74) is 6.73. The van der Waals surface area contributed by atoms with Crippen molar-refractivity contribution in [1.82, 2.24) is 0 Å². The van der Waals surface area contributed by atoms with Crippen LogP contribution in [-0.4, -0.2) is 19.6 Å². The first-order valence-corrected chi connectivity index (χ1v) is 6.85. The van der Waals surface area contributed by atoms with Gasteiger partial charge in [-0.1, -0.05) is 23.2 Å². The number of nitrogens with two attached hydrogens (primary N) is 1. The number of halogens is 2. The van der Waals surface area contributed by atoms with Gasteiger partial charge >= 0.3 is 0 Å². The molecule has 1 aromatic rings. The van der Waals surface area contributed by atoms with E-state index >= 15 is 0 Å². The van der Waals surface area contributed by atoms with Gasteiger partial charge in [-0.15, -0.1) is 0 Å². The molecule has 0 unspecified atom stereocenters. The molecular weight excluding hydrogens is 255 g/mol. The monoisotopic (exact) mass is 272 g/mol. The minimum absolute atomic E-state index is 0.705. The van der Waals surface area contributed by atoms with E-state index in [9.17, 15) is 0 Å². The molecule has 4 heteroatoms. The third-order valence-electron chi connectivity index (χ3n) is 3.40. The van der Waals surface area contributed by atoms with Crippen molar-refractivity contribution in [2.75, 3.05) is 24.5 Å². The molecule has 0 bridgehead atoms. The van der Waals surface area contributed by atoms with Gasteiger partial charge in [0.2, 0.25) is 0 Å². The average Bonchev–Trinajstić information content (AvgIpc) is 2.29. The number of benzene rings is 1. The molecule has 0 amide bonds. The first-order valence-electron chi connectivity index (χ1n) is 6.10. The maximum Gasteiger partial charge on any atom is 0.0441 e. The molecule has 94 valence electrons. The molecule has 1 aromatic carbocycles. The fourth-order valence-corrected chi connectivity index (χ4v) is 2.95. The van der Waals surface area contributed by atoms with Crippen LogP contribution < -0.4 is 10.6 Å². The Labute approximate surface area is 113 Å². The van der Waals surface area contributed by atoms with Gasteiger partial charge < -0.3 is 10.6 Å². The summed E-state index contributed by atoms with van der Waals surface area (Å²) < 4.78 is 0. The van der Waals surface area contributed by atoms with Gasteiger partial charge in [0.25, 0.3) is 0 Å². The summed E-state index contributed by atoms with van der Waals surface area (Å²) in [5, 5.41) is 1.41. The summed E-state index contributed by atoms with van der Waals surface area (Å²) in [5.74, 6) is 0.783. The van der Waals surface area contributed by atoms with Crippen molar-refractivity contribution in [3.05, 3.63) is 28.2 Å². The molecule has 0 aromatic heterocycles. The molecule has 1 heterocycles. The minimum atomic E-state index is 0.705. The molecule has 2 nitrogen and oxygen atoms in total. The third kappa shape index (κ3) is 3.51. The number of nitrogens with zero attached hydrogens (tertiary/aromatic N) is 1. The average molecular weight is 273 g/mol. The SMILES string of the molecule is NCCC1CCN(c2cc(Cl)cc(Cl)c2)CC1. The second kappa shape index (κ2) is 5.94. The number of rotatable bonds is 3. The summed E-state index contributed by atoms with van der Waals surface area (Å²) in [4.78, 5) is 2.35. The van der Waals surface area contributed by atoms with Gasteiger partial charge in [-0.3, -0.25) is 0 Å².